The van der Waals surface area contributed by atoms with Crippen LogP contribution in [0.25, 0.3) is 0 Å². The SMILES string of the molecule is COC[C@H]1CN(c2cc(F)c(C3CCC(=O)NC3=O)c(F)c2)CCN1CC1CCC(NS(=O)(=O)c2ccc(Nc3ncc(C(F)(F)F)c(N4CCC(C)(O)CC4)n3)c(F)c2)CC1. The molecule has 3 aliphatic heterocycles. The Labute approximate surface area is 355 Å². The Balaban J connectivity index is 0.928. The highest BCUT2D eigenvalue weighted by atomic mass is 32.2. The van der Waals surface area contributed by atoms with Crippen LogP contribution in [0.3, 0.4) is 0 Å². The minimum atomic E-state index is -4.77. The number of piperazine rings is 1. The quantitative estimate of drug-likeness (QED) is 0.139. The molecule has 1 aliphatic carbocycles. The Morgan fingerprint density at radius 1 is 0.952 bits per heavy atom. The summed E-state index contributed by atoms with van der Waals surface area (Å²) in [5.74, 6) is -5.48. The number of methoxy groups -OCH3 is 1. The first-order valence-corrected chi connectivity index (χ1v) is 22.1. The molecule has 7 rings (SSSR count). The van der Waals surface area contributed by atoms with Gasteiger partial charge < -0.3 is 25.0 Å². The predicted octanol–water partition coefficient (Wildman–Crippen LogP) is 5.20. The average Bonchev–Trinajstić information content (AvgIpc) is 3.20. The van der Waals surface area contributed by atoms with Crippen LogP contribution in [-0.2, 0) is 30.5 Å². The fraction of sp³-hybridized carbons (Fsp3) is 0.561. The number of halogens is 6. The maximum atomic E-state index is 15.4. The second kappa shape index (κ2) is 18.3. The first kappa shape index (κ1) is 45.5. The minimum Gasteiger partial charge on any atom is -0.390 e. The number of piperidine rings is 2. The number of nitrogens with zero attached hydrogens (tertiary/aromatic N) is 5. The van der Waals surface area contributed by atoms with Crippen molar-refractivity contribution in [2.24, 2.45) is 5.92 Å². The smallest absolute Gasteiger partial charge is 0.390 e. The Morgan fingerprint density at radius 2 is 1.65 bits per heavy atom. The molecule has 21 heteroatoms. The number of nitrogens with one attached hydrogen (secondary N) is 3. The van der Waals surface area contributed by atoms with Gasteiger partial charge in [-0.15, -0.1) is 0 Å². The number of rotatable bonds is 12. The zero-order chi connectivity index (χ0) is 44.6. The number of anilines is 4. The molecular weight excluding hydrogens is 847 g/mol. The first-order chi connectivity index (χ1) is 29.3. The van der Waals surface area contributed by atoms with E-state index in [4.69, 9.17) is 4.74 Å². The number of aromatic nitrogens is 2. The van der Waals surface area contributed by atoms with Crippen LogP contribution in [0.4, 0.5) is 49.5 Å². The summed E-state index contributed by atoms with van der Waals surface area (Å²) in [4.78, 5) is 36.9. The Morgan fingerprint density at radius 3 is 2.27 bits per heavy atom. The Hall–Kier alpha value is -4.57. The van der Waals surface area contributed by atoms with E-state index in [1.165, 1.54) is 23.1 Å². The van der Waals surface area contributed by atoms with Crippen LogP contribution in [0.1, 0.15) is 75.3 Å². The molecule has 4 N–H and O–H groups in total. The number of alkyl halides is 3. The largest absolute Gasteiger partial charge is 0.421 e. The van der Waals surface area contributed by atoms with Crippen molar-refractivity contribution in [1.82, 2.24) is 24.9 Å². The second-order valence-electron chi connectivity index (χ2n) is 16.9. The summed E-state index contributed by atoms with van der Waals surface area (Å²) in [6.07, 6.45) is -1.24. The molecule has 1 saturated carbocycles. The molecule has 3 saturated heterocycles. The van der Waals surface area contributed by atoms with Crippen molar-refractivity contribution < 1.29 is 54.2 Å². The van der Waals surface area contributed by atoms with Crippen molar-refractivity contribution in [3.63, 3.8) is 0 Å². The molecule has 14 nitrogen and oxygen atoms in total. The van der Waals surface area contributed by atoms with Crippen molar-refractivity contribution in [2.75, 3.05) is 68.1 Å². The molecule has 3 aromatic rings. The minimum absolute atomic E-state index is 0.00437. The molecule has 0 radical (unpaired) electrons. The summed E-state index contributed by atoms with van der Waals surface area (Å²) in [5.41, 5.74) is -2.36. The number of amides is 2. The zero-order valence-corrected chi connectivity index (χ0v) is 35.1. The second-order valence-corrected chi connectivity index (χ2v) is 18.6. The fourth-order valence-corrected chi connectivity index (χ4v) is 10.1. The van der Waals surface area contributed by atoms with E-state index in [1.54, 1.807) is 14.0 Å². The van der Waals surface area contributed by atoms with E-state index in [-0.39, 0.29) is 72.8 Å². The number of aliphatic hydroxyl groups is 1. The summed E-state index contributed by atoms with van der Waals surface area (Å²) in [5, 5.41) is 15.0. The number of carbonyl (C=O) groups excluding carboxylic acids is 2. The van der Waals surface area contributed by atoms with Gasteiger partial charge in [0.25, 0.3) is 0 Å². The Kier molecular flexibility index (Phi) is 13.4. The van der Waals surface area contributed by atoms with Gasteiger partial charge in [0.1, 0.15) is 28.8 Å². The lowest BCUT2D eigenvalue weighted by Gasteiger charge is -2.44. The molecule has 2 aromatic carbocycles. The summed E-state index contributed by atoms with van der Waals surface area (Å²) >= 11 is 0. The van der Waals surface area contributed by atoms with Gasteiger partial charge in [0.2, 0.25) is 27.8 Å². The van der Waals surface area contributed by atoms with Crippen LogP contribution in [0.5, 0.6) is 0 Å². The van der Waals surface area contributed by atoms with Gasteiger partial charge >= 0.3 is 6.18 Å². The lowest BCUT2D eigenvalue weighted by molar-refractivity contribution is -0.138. The molecule has 2 amide bonds. The van der Waals surface area contributed by atoms with Gasteiger partial charge in [-0.3, -0.25) is 19.8 Å². The van der Waals surface area contributed by atoms with E-state index < -0.39 is 74.4 Å². The van der Waals surface area contributed by atoms with E-state index in [0.717, 1.165) is 12.1 Å². The zero-order valence-electron chi connectivity index (χ0n) is 34.3. The monoisotopic (exact) mass is 896 g/mol. The molecule has 62 heavy (non-hydrogen) atoms. The van der Waals surface area contributed by atoms with E-state index in [2.05, 4.69) is 30.2 Å². The third-order valence-corrected chi connectivity index (χ3v) is 13.9. The predicted molar refractivity (Wildman–Crippen MR) is 216 cm³/mol. The van der Waals surface area contributed by atoms with Crippen molar-refractivity contribution in [3.05, 3.63) is 65.1 Å². The van der Waals surface area contributed by atoms with Crippen LogP contribution < -0.4 is 25.2 Å². The molecule has 338 valence electrons. The highest BCUT2D eigenvalue weighted by Crippen LogP contribution is 2.38. The molecule has 1 aromatic heterocycles. The lowest BCUT2D eigenvalue weighted by atomic mass is 9.85. The maximum Gasteiger partial charge on any atom is 0.421 e. The first-order valence-electron chi connectivity index (χ1n) is 20.6. The third kappa shape index (κ3) is 10.4. The molecule has 1 unspecified atom stereocenters. The summed E-state index contributed by atoms with van der Waals surface area (Å²) in [6.45, 7) is 4.35. The van der Waals surface area contributed by atoms with E-state index in [1.807, 2.05) is 4.90 Å². The summed E-state index contributed by atoms with van der Waals surface area (Å²) in [6, 6.07) is 5.08. The van der Waals surface area contributed by atoms with Gasteiger partial charge in [0.05, 0.1) is 34.8 Å². The number of hydrogen-bond acceptors (Lipinski definition) is 12. The van der Waals surface area contributed by atoms with Crippen molar-refractivity contribution in [1.29, 1.82) is 0 Å². The number of benzene rings is 2. The number of imide groups is 1. The van der Waals surface area contributed by atoms with Gasteiger partial charge in [-0.1, -0.05) is 0 Å². The standard InChI is InChI=1S/C41H50F6N8O6S/c1-40(58)11-13-53(14-12-40)37-30(41(45,46)47)20-48-39(51-37)49-34-9-7-28(19-31(34)42)62(59,60)52-25-5-3-24(4-6-25)21-54-15-16-55(22-27(54)23-61-2)26-17-32(43)36(33(44)18-26)29-8-10-35(56)50-38(29)57/h7,9,17-20,24-25,27,29,52,58H,3-6,8,10-16,21-23H2,1-2H3,(H,48,49,51)(H,50,56,57)/t24?,25?,27-,29?/m1/s1. The topological polar surface area (TPSA) is 169 Å². The van der Waals surface area contributed by atoms with E-state index in [0.29, 0.717) is 70.4 Å². The highest BCUT2D eigenvalue weighted by Gasteiger charge is 2.39. The van der Waals surface area contributed by atoms with Crippen LogP contribution in [0.15, 0.2) is 41.4 Å². The summed E-state index contributed by atoms with van der Waals surface area (Å²) < 4.78 is 123. The van der Waals surface area contributed by atoms with Crippen LogP contribution >= 0.6 is 0 Å². The van der Waals surface area contributed by atoms with Gasteiger partial charge in [-0.2, -0.15) is 18.2 Å². The van der Waals surface area contributed by atoms with Gasteiger partial charge in [-0.25, -0.2) is 31.3 Å². The molecule has 2 atom stereocenters. The van der Waals surface area contributed by atoms with Gasteiger partial charge in [-0.05, 0) is 88.1 Å². The molecule has 4 aliphatic rings. The van der Waals surface area contributed by atoms with E-state index >= 15 is 13.2 Å². The Bertz CT molecular complexity index is 2230. The van der Waals surface area contributed by atoms with E-state index in [9.17, 15) is 36.3 Å². The third-order valence-electron chi connectivity index (χ3n) is 12.4. The number of sulfonamides is 1. The summed E-state index contributed by atoms with van der Waals surface area (Å²) in [7, 11) is -2.58. The van der Waals surface area contributed by atoms with Crippen LogP contribution in [0, 0.1) is 23.4 Å². The maximum absolute atomic E-state index is 15.4. The van der Waals surface area contributed by atoms with Crippen molar-refractivity contribution >= 4 is 45.0 Å². The number of ether oxygens (including phenoxy) is 1. The average molecular weight is 897 g/mol. The molecule has 0 spiro atoms. The highest BCUT2D eigenvalue weighted by molar-refractivity contribution is 7.89. The molecule has 4 fully saturated rings. The van der Waals surface area contributed by atoms with Crippen LogP contribution in [0.2, 0.25) is 0 Å². The molecule has 4 heterocycles. The molecular formula is C41H50F6N8O6S. The normalized spacial score (nSPS) is 24.0. The number of hydrogen-bond donors (Lipinski definition) is 4. The lowest BCUT2D eigenvalue weighted by Crippen LogP contribution is -2.56. The number of carbonyl (C=O) groups is 2. The van der Waals surface area contributed by atoms with Gasteiger partial charge in [0, 0.05) is 76.3 Å². The van der Waals surface area contributed by atoms with Gasteiger partial charge in [0.15, 0.2) is 0 Å². The molecule has 0 bridgehead atoms. The van der Waals surface area contributed by atoms with Crippen LogP contribution in [-0.4, -0.2) is 111 Å². The van der Waals surface area contributed by atoms with Crippen molar-refractivity contribution in [2.45, 2.75) is 93.0 Å². The fourth-order valence-electron chi connectivity index (χ4n) is 8.81. The van der Waals surface area contributed by atoms with Crippen molar-refractivity contribution in [3.8, 4) is 0 Å².